The van der Waals surface area contributed by atoms with Crippen molar-refractivity contribution in [3.05, 3.63) is 66.6 Å². The Labute approximate surface area is 145 Å². The lowest BCUT2D eigenvalue weighted by atomic mass is 10.2. The molecule has 0 unspecified atom stereocenters. The second-order valence-electron chi connectivity index (χ2n) is 5.24. The highest BCUT2D eigenvalue weighted by Gasteiger charge is 2.11. The van der Waals surface area contributed by atoms with Crippen molar-refractivity contribution >= 4 is 17.7 Å². The Balaban J connectivity index is 1.55. The molecule has 2 aromatic heterocycles. The maximum absolute atomic E-state index is 12.0. The number of thioether (sulfide) groups is 1. The van der Waals surface area contributed by atoms with Crippen LogP contribution >= 0.6 is 11.8 Å². The average Bonchev–Trinajstić information content (AvgIpc) is 3.00. The lowest BCUT2D eigenvalue weighted by molar-refractivity contribution is -0.118. The van der Waals surface area contributed by atoms with Crippen LogP contribution in [0.15, 0.2) is 66.1 Å². The molecule has 2 heterocycles. The molecule has 1 amide bonds. The SMILES string of the molecule is Cn1c(-c2ccccc2)cnc1SCC(=O)NCc1ccccn1. The molecule has 6 heteroatoms. The molecule has 0 aliphatic heterocycles. The Morgan fingerprint density at radius 2 is 1.92 bits per heavy atom. The molecule has 3 aromatic rings. The quantitative estimate of drug-likeness (QED) is 0.702. The van der Waals surface area contributed by atoms with Crippen LogP contribution < -0.4 is 5.32 Å². The summed E-state index contributed by atoms with van der Waals surface area (Å²) in [5.41, 5.74) is 2.99. The Bertz CT molecular complexity index is 802. The molecule has 5 nitrogen and oxygen atoms in total. The Kier molecular flexibility index (Phi) is 5.28. The van der Waals surface area contributed by atoms with Gasteiger partial charge < -0.3 is 9.88 Å². The summed E-state index contributed by atoms with van der Waals surface area (Å²) in [6, 6.07) is 15.7. The second kappa shape index (κ2) is 7.79. The third-order valence-corrected chi connectivity index (χ3v) is 4.58. The van der Waals surface area contributed by atoms with Gasteiger partial charge in [0.15, 0.2) is 5.16 Å². The largest absolute Gasteiger partial charge is 0.350 e. The van der Waals surface area contributed by atoms with Crippen molar-refractivity contribution in [3.8, 4) is 11.3 Å². The second-order valence-corrected chi connectivity index (χ2v) is 6.18. The van der Waals surface area contributed by atoms with Crippen molar-refractivity contribution in [2.75, 3.05) is 5.75 Å². The fourth-order valence-electron chi connectivity index (χ4n) is 2.28. The molecule has 122 valence electrons. The van der Waals surface area contributed by atoms with E-state index in [1.165, 1.54) is 11.8 Å². The summed E-state index contributed by atoms with van der Waals surface area (Å²) in [5.74, 6) is 0.293. The molecule has 3 rings (SSSR count). The molecule has 0 fully saturated rings. The first kappa shape index (κ1) is 16.3. The minimum Gasteiger partial charge on any atom is -0.350 e. The van der Waals surface area contributed by atoms with Gasteiger partial charge in [0.1, 0.15) is 0 Å². The normalized spacial score (nSPS) is 10.5. The van der Waals surface area contributed by atoms with Crippen molar-refractivity contribution in [1.29, 1.82) is 0 Å². The third kappa shape index (κ3) is 4.02. The first-order chi connectivity index (χ1) is 11.7. The van der Waals surface area contributed by atoms with Crippen LogP contribution in [0, 0.1) is 0 Å². The van der Waals surface area contributed by atoms with E-state index in [1.54, 1.807) is 6.20 Å². The number of imidazole rings is 1. The number of nitrogens with zero attached hydrogens (tertiary/aromatic N) is 3. The van der Waals surface area contributed by atoms with Crippen molar-refractivity contribution in [3.63, 3.8) is 0 Å². The lowest BCUT2D eigenvalue weighted by Gasteiger charge is -2.06. The van der Waals surface area contributed by atoms with E-state index in [4.69, 9.17) is 0 Å². The van der Waals surface area contributed by atoms with Gasteiger partial charge >= 0.3 is 0 Å². The summed E-state index contributed by atoms with van der Waals surface area (Å²) >= 11 is 1.43. The number of hydrogen-bond donors (Lipinski definition) is 1. The molecule has 0 spiro atoms. The van der Waals surface area contributed by atoms with Crippen LogP contribution in [0.4, 0.5) is 0 Å². The van der Waals surface area contributed by atoms with Crippen LogP contribution in [-0.4, -0.2) is 26.2 Å². The maximum Gasteiger partial charge on any atom is 0.230 e. The van der Waals surface area contributed by atoms with Gasteiger partial charge in [0.2, 0.25) is 5.91 Å². The number of carbonyl (C=O) groups is 1. The highest BCUT2D eigenvalue weighted by molar-refractivity contribution is 7.99. The summed E-state index contributed by atoms with van der Waals surface area (Å²) in [6.45, 7) is 0.441. The molecule has 24 heavy (non-hydrogen) atoms. The van der Waals surface area contributed by atoms with Crippen LogP contribution in [0.3, 0.4) is 0 Å². The summed E-state index contributed by atoms with van der Waals surface area (Å²) in [4.78, 5) is 20.6. The van der Waals surface area contributed by atoms with Gasteiger partial charge in [0, 0.05) is 13.2 Å². The molecule has 1 aromatic carbocycles. The van der Waals surface area contributed by atoms with E-state index < -0.39 is 0 Å². The van der Waals surface area contributed by atoms with Crippen molar-refractivity contribution in [1.82, 2.24) is 19.9 Å². The molecule has 0 saturated carbocycles. The zero-order valence-electron chi connectivity index (χ0n) is 13.3. The van der Waals surface area contributed by atoms with Gasteiger partial charge in [-0.15, -0.1) is 0 Å². The van der Waals surface area contributed by atoms with E-state index >= 15 is 0 Å². The van der Waals surface area contributed by atoms with Crippen molar-refractivity contribution < 1.29 is 4.79 Å². The number of nitrogens with one attached hydrogen (secondary N) is 1. The van der Waals surface area contributed by atoms with Gasteiger partial charge in [0.25, 0.3) is 0 Å². The molecular weight excluding hydrogens is 320 g/mol. The molecule has 0 aliphatic carbocycles. The number of amides is 1. The van der Waals surface area contributed by atoms with E-state index in [2.05, 4.69) is 15.3 Å². The van der Waals surface area contributed by atoms with Gasteiger partial charge in [-0.3, -0.25) is 9.78 Å². The number of carbonyl (C=O) groups excluding carboxylic acids is 1. The predicted molar refractivity (Wildman–Crippen MR) is 95.5 cm³/mol. The summed E-state index contributed by atoms with van der Waals surface area (Å²) in [5, 5.41) is 3.69. The predicted octanol–water partition coefficient (Wildman–Crippen LogP) is 2.89. The first-order valence-electron chi connectivity index (χ1n) is 7.60. The van der Waals surface area contributed by atoms with E-state index in [1.807, 2.05) is 66.3 Å². The van der Waals surface area contributed by atoms with Gasteiger partial charge in [-0.05, 0) is 17.7 Å². The van der Waals surface area contributed by atoms with Gasteiger partial charge in [0.05, 0.1) is 29.9 Å². The Hall–Kier alpha value is -2.60. The van der Waals surface area contributed by atoms with E-state index in [0.717, 1.165) is 22.1 Å². The van der Waals surface area contributed by atoms with Crippen LogP contribution in [0.25, 0.3) is 11.3 Å². The standard InChI is InChI=1S/C18H18N4OS/c1-22-16(14-7-3-2-4-8-14)12-21-18(22)24-13-17(23)20-11-15-9-5-6-10-19-15/h2-10,12H,11,13H2,1H3,(H,20,23). The smallest absolute Gasteiger partial charge is 0.230 e. The van der Waals surface area contributed by atoms with E-state index in [-0.39, 0.29) is 5.91 Å². The minimum absolute atomic E-state index is 0.0325. The van der Waals surface area contributed by atoms with Gasteiger partial charge in [-0.2, -0.15) is 0 Å². The molecular formula is C18H18N4OS. The lowest BCUT2D eigenvalue weighted by Crippen LogP contribution is -2.25. The van der Waals surface area contributed by atoms with Crippen LogP contribution in [0.1, 0.15) is 5.69 Å². The highest BCUT2D eigenvalue weighted by Crippen LogP contribution is 2.24. The first-order valence-corrected chi connectivity index (χ1v) is 8.59. The van der Waals surface area contributed by atoms with Crippen LogP contribution in [0.2, 0.25) is 0 Å². The van der Waals surface area contributed by atoms with Crippen LogP contribution in [0.5, 0.6) is 0 Å². The third-order valence-electron chi connectivity index (χ3n) is 3.54. The maximum atomic E-state index is 12.0. The molecule has 0 bridgehead atoms. The topological polar surface area (TPSA) is 59.8 Å². The number of aromatic nitrogens is 3. The number of hydrogen-bond acceptors (Lipinski definition) is 4. The van der Waals surface area contributed by atoms with E-state index in [9.17, 15) is 4.79 Å². The molecule has 0 radical (unpaired) electrons. The molecule has 1 N–H and O–H groups in total. The minimum atomic E-state index is -0.0325. The zero-order valence-corrected chi connectivity index (χ0v) is 14.2. The van der Waals surface area contributed by atoms with Crippen molar-refractivity contribution in [2.45, 2.75) is 11.7 Å². The fourth-order valence-corrected chi connectivity index (χ4v) is 3.06. The summed E-state index contributed by atoms with van der Waals surface area (Å²) in [7, 11) is 1.96. The van der Waals surface area contributed by atoms with E-state index in [0.29, 0.717) is 12.3 Å². The summed E-state index contributed by atoms with van der Waals surface area (Å²) < 4.78 is 2.01. The van der Waals surface area contributed by atoms with Crippen molar-refractivity contribution in [2.24, 2.45) is 7.05 Å². The molecule has 0 atom stereocenters. The fraction of sp³-hybridized carbons (Fsp3) is 0.167. The zero-order chi connectivity index (χ0) is 16.8. The average molecular weight is 338 g/mol. The number of benzene rings is 1. The molecule has 0 saturated heterocycles. The molecule has 0 aliphatic rings. The number of rotatable bonds is 6. The Morgan fingerprint density at radius 1 is 1.12 bits per heavy atom. The van der Waals surface area contributed by atoms with Gasteiger partial charge in [-0.1, -0.05) is 48.2 Å². The Morgan fingerprint density at radius 3 is 2.67 bits per heavy atom. The highest BCUT2D eigenvalue weighted by atomic mass is 32.2. The summed E-state index contributed by atoms with van der Waals surface area (Å²) in [6.07, 6.45) is 3.55. The van der Waals surface area contributed by atoms with Crippen LogP contribution in [-0.2, 0) is 18.4 Å². The number of pyridine rings is 1. The monoisotopic (exact) mass is 338 g/mol. The van der Waals surface area contributed by atoms with Gasteiger partial charge in [-0.25, -0.2) is 4.98 Å².